The molecule has 0 N–H and O–H groups in total. The van der Waals surface area contributed by atoms with Gasteiger partial charge in [-0.25, -0.2) is 0 Å². The second-order valence-electron chi connectivity index (χ2n) is 3.53. The first kappa shape index (κ1) is 9.68. The van der Waals surface area contributed by atoms with Crippen molar-refractivity contribution in [2.75, 3.05) is 13.2 Å². The molecule has 0 saturated carbocycles. The minimum Gasteiger partial charge on any atom is -0.462 e. The minimum atomic E-state index is -0.272. The first-order valence-electron chi connectivity index (χ1n) is 4.85. The molecule has 78 valence electrons. The van der Waals surface area contributed by atoms with Gasteiger partial charge in [-0.3, -0.25) is 4.79 Å². The summed E-state index contributed by atoms with van der Waals surface area (Å²) in [7, 11) is 0. The molecule has 4 heteroatoms. The van der Waals surface area contributed by atoms with Gasteiger partial charge in [0, 0.05) is 6.42 Å². The number of rotatable bonds is 3. The van der Waals surface area contributed by atoms with Crippen LogP contribution in [0.3, 0.4) is 0 Å². The van der Waals surface area contributed by atoms with E-state index in [0.29, 0.717) is 26.1 Å². The van der Waals surface area contributed by atoms with E-state index in [1.165, 1.54) is 0 Å². The number of carbonyl (C=O) groups is 1. The van der Waals surface area contributed by atoms with E-state index < -0.39 is 0 Å². The standard InChI is InChI=1S/C10H14O4/c1-2-3-8-7(6-9(11)14-8)10-12-4-5-13-10/h2,7-8,10H,1,3-6H2. The maximum atomic E-state index is 11.1. The Bertz CT molecular complexity index is 232. The zero-order valence-corrected chi connectivity index (χ0v) is 7.98. The van der Waals surface area contributed by atoms with E-state index in [0.717, 1.165) is 0 Å². The van der Waals surface area contributed by atoms with Gasteiger partial charge >= 0.3 is 5.97 Å². The second-order valence-corrected chi connectivity index (χ2v) is 3.53. The summed E-state index contributed by atoms with van der Waals surface area (Å²) in [6, 6.07) is 0. The smallest absolute Gasteiger partial charge is 0.306 e. The third-order valence-corrected chi connectivity index (χ3v) is 2.56. The van der Waals surface area contributed by atoms with Crippen LogP contribution in [0, 0.1) is 5.92 Å². The molecule has 0 aromatic heterocycles. The zero-order valence-electron chi connectivity index (χ0n) is 7.98. The van der Waals surface area contributed by atoms with Crippen molar-refractivity contribution in [3.05, 3.63) is 12.7 Å². The van der Waals surface area contributed by atoms with E-state index in [2.05, 4.69) is 6.58 Å². The summed E-state index contributed by atoms with van der Waals surface area (Å²) < 4.78 is 15.9. The highest BCUT2D eigenvalue weighted by Gasteiger charge is 2.41. The molecular weight excluding hydrogens is 184 g/mol. The van der Waals surface area contributed by atoms with Gasteiger partial charge in [0.15, 0.2) is 6.29 Å². The molecule has 4 nitrogen and oxygen atoms in total. The Morgan fingerprint density at radius 3 is 2.79 bits per heavy atom. The molecule has 2 heterocycles. The van der Waals surface area contributed by atoms with Crippen LogP contribution < -0.4 is 0 Å². The molecular formula is C10H14O4. The largest absolute Gasteiger partial charge is 0.462 e. The van der Waals surface area contributed by atoms with Crippen LogP contribution in [0.2, 0.25) is 0 Å². The molecule has 0 radical (unpaired) electrons. The van der Waals surface area contributed by atoms with E-state index in [4.69, 9.17) is 14.2 Å². The minimum absolute atomic E-state index is 0.0306. The fourth-order valence-electron chi connectivity index (χ4n) is 1.91. The van der Waals surface area contributed by atoms with E-state index in [1.807, 2.05) is 0 Å². The van der Waals surface area contributed by atoms with Gasteiger partial charge in [-0.15, -0.1) is 6.58 Å². The normalized spacial score (nSPS) is 33.3. The Kier molecular flexibility index (Phi) is 2.84. The maximum absolute atomic E-state index is 11.1. The fraction of sp³-hybridized carbons (Fsp3) is 0.700. The van der Waals surface area contributed by atoms with Gasteiger partial charge in [0.1, 0.15) is 6.10 Å². The first-order chi connectivity index (χ1) is 6.81. The Morgan fingerprint density at radius 2 is 2.14 bits per heavy atom. The summed E-state index contributed by atoms with van der Waals surface area (Å²) in [5.41, 5.74) is 0. The summed E-state index contributed by atoms with van der Waals surface area (Å²) in [6.07, 6.45) is 2.42. The van der Waals surface area contributed by atoms with Crippen molar-refractivity contribution in [2.24, 2.45) is 5.92 Å². The van der Waals surface area contributed by atoms with Gasteiger partial charge in [-0.1, -0.05) is 6.08 Å². The molecule has 0 bridgehead atoms. The molecule has 2 aliphatic heterocycles. The lowest BCUT2D eigenvalue weighted by atomic mass is 9.98. The highest BCUT2D eigenvalue weighted by atomic mass is 16.7. The number of hydrogen-bond donors (Lipinski definition) is 0. The predicted octanol–water partition coefficient (Wildman–Crippen LogP) is 0.867. The third-order valence-electron chi connectivity index (χ3n) is 2.56. The molecule has 0 aromatic carbocycles. The quantitative estimate of drug-likeness (QED) is 0.498. The van der Waals surface area contributed by atoms with Gasteiger partial charge in [0.05, 0.1) is 25.6 Å². The Hall–Kier alpha value is -0.870. The van der Waals surface area contributed by atoms with Crippen LogP contribution in [0.15, 0.2) is 12.7 Å². The zero-order chi connectivity index (χ0) is 9.97. The van der Waals surface area contributed by atoms with Crippen LogP contribution in [-0.4, -0.2) is 31.6 Å². The Balaban J connectivity index is 2.00. The topological polar surface area (TPSA) is 44.8 Å². The van der Waals surface area contributed by atoms with Gasteiger partial charge in [0.2, 0.25) is 0 Å². The average Bonchev–Trinajstić information content (AvgIpc) is 2.74. The Labute approximate surface area is 82.8 Å². The van der Waals surface area contributed by atoms with E-state index in [9.17, 15) is 4.79 Å². The number of ether oxygens (including phenoxy) is 3. The van der Waals surface area contributed by atoms with Crippen molar-refractivity contribution < 1.29 is 19.0 Å². The summed E-state index contributed by atoms with van der Waals surface area (Å²) in [6.45, 7) is 4.85. The number of esters is 1. The van der Waals surface area contributed by atoms with Crippen LogP contribution >= 0.6 is 0 Å². The molecule has 14 heavy (non-hydrogen) atoms. The van der Waals surface area contributed by atoms with Crippen molar-refractivity contribution >= 4 is 5.97 Å². The molecule has 2 aliphatic rings. The van der Waals surface area contributed by atoms with Crippen LogP contribution in [-0.2, 0) is 19.0 Å². The molecule has 0 aliphatic carbocycles. The van der Waals surface area contributed by atoms with Crippen molar-refractivity contribution in [3.8, 4) is 0 Å². The van der Waals surface area contributed by atoms with Gasteiger partial charge in [0.25, 0.3) is 0 Å². The van der Waals surface area contributed by atoms with Gasteiger partial charge in [-0.05, 0) is 0 Å². The van der Waals surface area contributed by atoms with E-state index >= 15 is 0 Å². The second kappa shape index (κ2) is 4.11. The van der Waals surface area contributed by atoms with Gasteiger partial charge in [-0.2, -0.15) is 0 Å². The summed E-state index contributed by atoms with van der Waals surface area (Å²) in [5.74, 6) is -0.135. The predicted molar refractivity (Wildman–Crippen MR) is 48.5 cm³/mol. The first-order valence-corrected chi connectivity index (χ1v) is 4.85. The molecule has 0 aromatic rings. The molecule has 2 rings (SSSR count). The molecule has 2 atom stereocenters. The average molecular weight is 198 g/mol. The SMILES string of the molecule is C=CCC1OC(=O)CC1C1OCCO1. The lowest BCUT2D eigenvalue weighted by Crippen LogP contribution is -2.28. The highest BCUT2D eigenvalue weighted by Crippen LogP contribution is 2.31. The summed E-state index contributed by atoms with van der Waals surface area (Å²) in [5, 5.41) is 0. The summed E-state index contributed by atoms with van der Waals surface area (Å²) >= 11 is 0. The molecule has 2 saturated heterocycles. The number of hydrogen-bond acceptors (Lipinski definition) is 4. The van der Waals surface area contributed by atoms with Crippen molar-refractivity contribution in [1.82, 2.24) is 0 Å². The number of cyclic esters (lactones) is 1. The highest BCUT2D eigenvalue weighted by molar-refractivity contribution is 5.72. The fourth-order valence-corrected chi connectivity index (χ4v) is 1.91. The van der Waals surface area contributed by atoms with Crippen LogP contribution in [0.4, 0.5) is 0 Å². The van der Waals surface area contributed by atoms with Crippen molar-refractivity contribution in [3.63, 3.8) is 0 Å². The molecule has 2 unspecified atom stereocenters. The van der Waals surface area contributed by atoms with Crippen LogP contribution in [0.1, 0.15) is 12.8 Å². The van der Waals surface area contributed by atoms with Crippen LogP contribution in [0.25, 0.3) is 0 Å². The third kappa shape index (κ3) is 1.81. The van der Waals surface area contributed by atoms with Gasteiger partial charge < -0.3 is 14.2 Å². The monoisotopic (exact) mass is 198 g/mol. The maximum Gasteiger partial charge on any atom is 0.306 e. The lowest BCUT2D eigenvalue weighted by Gasteiger charge is -2.20. The summed E-state index contributed by atoms with van der Waals surface area (Å²) in [4.78, 5) is 11.1. The van der Waals surface area contributed by atoms with Crippen molar-refractivity contribution in [1.29, 1.82) is 0 Å². The Morgan fingerprint density at radius 1 is 1.43 bits per heavy atom. The van der Waals surface area contributed by atoms with E-state index in [-0.39, 0.29) is 24.3 Å². The molecule has 0 amide bonds. The van der Waals surface area contributed by atoms with Crippen molar-refractivity contribution in [2.45, 2.75) is 25.2 Å². The molecule has 2 fully saturated rings. The van der Waals surface area contributed by atoms with E-state index in [1.54, 1.807) is 6.08 Å². The molecule has 0 spiro atoms. The number of carbonyl (C=O) groups excluding carboxylic acids is 1. The lowest BCUT2D eigenvalue weighted by molar-refractivity contribution is -0.142. The van der Waals surface area contributed by atoms with Crippen LogP contribution in [0.5, 0.6) is 0 Å².